The summed E-state index contributed by atoms with van der Waals surface area (Å²) in [4.78, 5) is 16.7. The number of benzene rings is 1. The van der Waals surface area contributed by atoms with Gasteiger partial charge in [0.15, 0.2) is 0 Å². The zero-order valence-corrected chi connectivity index (χ0v) is 14.5. The summed E-state index contributed by atoms with van der Waals surface area (Å²) in [6.07, 6.45) is 2.45. The Labute approximate surface area is 139 Å². The van der Waals surface area contributed by atoms with E-state index in [0.717, 1.165) is 26.1 Å². The zero-order valence-electron chi connectivity index (χ0n) is 14.5. The summed E-state index contributed by atoms with van der Waals surface area (Å²) in [5.41, 5.74) is 0.840. The Morgan fingerprint density at radius 3 is 2.61 bits per heavy atom. The summed E-state index contributed by atoms with van der Waals surface area (Å²) in [5, 5.41) is 0. The Bertz CT molecular complexity index is 522. The fraction of sp³-hybridized carbons (Fsp3) is 0.526. The molecule has 1 heterocycles. The molecule has 23 heavy (non-hydrogen) atoms. The summed E-state index contributed by atoms with van der Waals surface area (Å²) < 4.78 is 5.54. The van der Waals surface area contributed by atoms with E-state index in [9.17, 15) is 4.79 Å². The van der Waals surface area contributed by atoms with Crippen molar-refractivity contribution in [1.29, 1.82) is 0 Å². The van der Waals surface area contributed by atoms with Gasteiger partial charge in [-0.25, -0.2) is 4.79 Å². The summed E-state index contributed by atoms with van der Waals surface area (Å²) in [6.45, 7) is 12.9. The van der Waals surface area contributed by atoms with Crippen LogP contribution in [0, 0.1) is 0 Å². The van der Waals surface area contributed by atoms with Gasteiger partial charge < -0.3 is 9.64 Å². The van der Waals surface area contributed by atoms with Crippen LogP contribution in [0.2, 0.25) is 0 Å². The second-order valence-corrected chi connectivity index (χ2v) is 7.07. The minimum atomic E-state index is -0.461. The Morgan fingerprint density at radius 1 is 1.30 bits per heavy atom. The van der Waals surface area contributed by atoms with Crippen molar-refractivity contribution in [2.45, 2.75) is 45.4 Å². The standard InChI is InChI=1S/C19H28N2O2/c1-5-9-17-15-20(14-16-10-7-6-8-11-16)12-13-21(17)18(22)23-19(2,3)4/h5-8,10-11,17H,1,9,12-15H2,2-4H3/t17-/m1/s1. The van der Waals surface area contributed by atoms with E-state index in [1.165, 1.54) is 5.56 Å². The maximum atomic E-state index is 12.4. The molecule has 1 aromatic carbocycles. The number of hydrogen-bond donors (Lipinski definition) is 0. The lowest BCUT2D eigenvalue weighted by atomic mass is 10.1. The van der Waals surface area contributed by atoms with Crippen LogP contribution in [0.4, 0.5) is 4.79 Å². The summed E-state index contributed by atoms with van der Waals surface area (Å²) >= 11 is 0. The van der Waals surface area contributed by atoms with Gasteiger partial charge in [0.05, 0.1) is 6.04 Å². The molecular weight excluding hydrogens is 288 g/mol. The first-order valence-electron chi connectivity index (χ1n) is 8.26. The van der Waals surface area contributed by atoms with Crippen LogP contribution in [0.3, 0.4) is 0 Å². The number of hydrogen-bond acceptors (Lipinski definition) is 3. The Balaban J connectivity index is 1.99. The van der Waals surface area contributed by atoms with Gasteiger partial charge in [-0.3, -0.25) is 4.90 Å². The van der Waals surface area contributed by atoms with Gasteiger partial charge in [-0.1, -0.05) is 36.4 Å². The maximum absolute atomic E-state index is 12.4. The molecule has 0 bridgehead atoms. The number of carbonyl (C=O) groups excluding carboxylic acids is 1. The quantitative estimate of drug-likeness (QED) is 0.794. The van der Waals surface area contributed by atoms with Gasteiger partial charge in [0.2, 0.25) is 0 Å². The third kappa shape index (κ3) is 5.39. The molecular formula is C19H28N2O2. The first-order chi connectivity index (χ1) is 10.9. The molecule has 1 amide bonds. The van der Waals surface area contributed by atoms with Crippen molar-refractivity contribution in [3.63, 3.8) is 0 Å². The lowest BCUT2D eigenvalue weighted by Crippen LogP contribution is -2.55. The summed E-state index contributed by atoms with van der Waals surface area (Å²) in [6, 6.07) is 10.6. The van der Waals surface area contributed by atoms with Crippen LogP contribution in [0.25, 0.3) is 0 Å². The van der Waals surface area contributed by atoms with E-state index in [0.29, 0.717) is 6.54 Å². The molecule has 0 aliphatic carbocycles. The fourth-order valence-corrected chi connectivity index (χ4v) is 2.86. The molecule has 1 aliphatic rings. The second kappa shape index (κ2) is 7.64. The van der Waals surface area contributed by atoms with Crippen molar-refractivity contribution in [3.05, 3.63) is 48.6 Å². The minimum Gasteiger partial charge on any atom is -0.444 e. The monoisotopic (exact) mass is 316 g/mol. The molecule has 2 rings (SSSR count). The third-order valence-electron chi connectivity index (χ3n) is 3.88. The molecule has 1 atom stereocenters. The highest BCUT2D eigenvalue weighted by molar-refractivity contribution is 5.68. The van der Waals surface area contributed by atoms with Crippen molar-refractivity contribution in [3.8, 4) is 0 Å². The number of amides is 1. The lowest BCUT2D eigenvalue weighted by molar-refractivity contribution is -0.00191. The molecule has 0 aromatic heterocycles. The predicted octanol–water partition coefficient (Wildman–Crippen LogP) is 3.68. The first-order valence-corrected chi connectivity index (χ1v) is 8.26. The molecule has 1 saturated heterocycles. The van der Waals surface area contributed by atoms with Crippen molar-refractivity contribution < 1.29 is 9.53 Å². The van der Waals surface area contributed by atoms with E-state index in [-0.39, 0.29) is 12.1 Å². The van der Waals surface area contributed by atoms with Crippen LogP contribution in [-0.4, -0.2) is 47.2 Å². The van der Waals surface area contributed by atoms with Crippen LogP contribution in [-0.2, 0) is 11.3 Å². The van der Waals surface area contributed by atoms with E-state index in [1.807, 2.05) is 37.8 Å². The maximum Gasteiger partial charge on any atom is 0.410 e. The number of ether oxygens (including phenoxy) is 1. The van der Waals surface area contributed by atoms with Gasteiger partial charge >= 0.3 is 6.09 Å². The van der Waals surface area contributed by atoms with E-state index in [1.54, 1.807) is 0 Å². The number of carbonyl (C=O) groups is 1. The van der Waals surface area contributed by atoms with Gasteiger partial charge in [0.25, 0.3) is 0 Å². The van der Waals surface area contributed by atoms with E-state index < -0.39 is 5.60 Å². The van der Waals surface area contributed by atoms with Crippen molar-refractivity contribution in [2.75, 3.05) is 19.6 Å². The molecule has 0 unspecified atom stereocenters. The average Bonchev–Trinajstić information content (AvgIpc) is 2.47. The largest absolute Gasteiger partial charge is 0.444 e. The molecule has 4 heteroatoms. The van der Waals surface area contributed by atoms with Gasteiger partial charge in [-0.05, 0) is 32.8 Å². The SMILES string of the molecule is C=CC[C@@H]1CN(Cc2ccccc2)CCN1C(=O)OC(C)(C)C. The lowest BCUT2D eigenvalue weighted by Gasteiger charge is -2.41. The van der Waals surface area contributed by atoms with Crippen LogP contribution in [0.1, 0.15) is 32.8 Å². The third-order valence-corrected chi connectivity index (χ3v) is 3.88. The van der Waals surface area contributed by atoms with Gasteiger partial charge in [-0.2, -0.15) is 0 Å². The van der Waals surface area contributed by atoms with Crippen molar-refractivity contribution in [2.24, 2.45) is 0 Å². The summed E-state index contributed by atoms with van der Waals surface area (Å²) in [5.74, 6) is 0. The Hall–Kier alpha value is -1.81. The van der Waals surface area contributed by atoms with Gasteiger partial charge in [0, 0.05) is 26.2 Å². The Morgan fingerprint density at radius 2 is 2.00 bits per heavy atom. The molecule has 0 spiro atoms. The van der Waals surface area contributed by atoms with Gasteiger partial charge in [0.1, 0.15) is 5.60 Å². The molecule has 0 saturated carbocycles. The van der Waals surface area contributed by atoms with Crippen LogP contribution >= 0.6 is 0 Å². The predicted molar refractivity (Wildman–Crippen MR) is 93.3 cm³/mol. The normalized spacial score (nSPS) is 19.4. The van der Waals surface area contributed by atoms with Gasteiger partial charge in [-0.15, -0.1) is 6.58 Å². The molecule has 0 N–H and O–H groups in total. The highest BCUT2D eigenvalue weighted by Gasteiger charge is 2.32. The molecule has 1 aromatic rings. The smallest absolute Gasteiger partial charge is 0.410 e. The van der Waals surface area contributed by atoms with Crippen LogP contribution in [0.15, 0.2) is 43.0 Å². The van der Waals surface area contributed by atoms with E-state index in [2.05, 4.69) is 35.7 Å². The second-order valence-electron chi connectivity index (χ2n) is 7.07. The average molecular weight is 316 g/mol. The zero-order chi connectivity index (χ0) is 16.9. The molecule has 1 aliphatic heterocycles. The molecule has 4 nitrogen and oxygen atoms in total. The highest BCUT2D eigenvalue weighted by atomic mass is 16.6. The highest BCUT2D eigenvalue weighted by Crippen LogP contribution is 2.19. The number of piperazine rings is 1. The van der Waals surface area contributed by atoms with Crippen LogP contribution in [0.5, 0.6) is 0 Å². The summed E-state index contributed by atoms with van der Waals surface area (Å²) in [7, 11) is 0. The van der Waals surface area contributed by atoms with E-state index in [4.69, 9.17) is 4.74 Å². The fourth-order valence-electron chi connectivity index (χ4n) is 2.86. The molecule has 0 radical (unpaired) electrons. The number of nitrogens with zero attached hydrogens (tertiary/aromatic N) is 2. The molecule has 126 valence electrons. The first kappa shape index (κ1) is 17.5. The van der Waals surface area contributed by atoms with Crippen molar-refractivity contribution in [1.82, 2.24) is 9.80 Å². The van der Waals surface area contributed by atoms with E-state index >= 15 is 0 Å². The Kier molecular flexibility index (Phi) is 5.83. The van der Waals surface area contributed by atoms with Crippen molar-refractivity contribution >= 4 is 6.09 Å². The number of rotatable bonds is 4. The minimum absolute atomic E-state index is 0.125. The topological polar surface area (TPSA) is 32.8 Å². The van der Waals surface area contributed by atoms with Crippen LogP contribution < -0.4 is 0 Å². The molecule has 1 fully saturated rings.